The number of benzene rings is 3. The van der Waals surface area contributed by atoms with E-state index in [-0.39, 0.29) is 29.1 Å². The summed E-state index contributed by atoms with van der Waals surface area (Å²) in [7, 11) is -4.16. The molecule has 0 unspecified atom stereocenters. The molecule has 0 bridgehead atoms. The Balaban J connectivity index is 1.72. The first kappa shape index (κ1) is 32.6. The highest BCUT2D eigenvalue weighted by molar-refractivity contribution is 7.92. The Morgan fingerprint density at radius 1 is 0.977 bits per heavy atom. The van der Waals surface area contributed by atoms with Gasteiger partial charge in [-0.15, -0.1) is 0 Å². The normalized spacial score (nSPS) is 14.2. The Bertz CT molecular complexity index is 1500. The van der Waals surface area contributed by atoms with Gasteiger partial charge in [-0.05, 0) is 80.3 Å². The summed E-state index contributed by atoms with van der Waals surface area (Å²) in [6.45, 7) is 3.59. The minimum Gasteiger partial charge on any atom is -0.494 e. The number of nitrogens with one attached hydrogen (secondary N) is 1. The zero-order valence-corrected chi connectivity index (χ0v) is 26.7. The lowest BCUT2D eigenvalue weighted by Gasteiger charge is -2.34. The van der Waals surface area contributed by atoms with Gasteiger partial charge in [0, 0.05) is 22.6 Å². The number of sulfonamides is 1. The van der Waals surface area contributed by atoms with Gasteiger partial charge in [-0.1, -0.05) is 67.2 Å². The molecule has 2 amide bonds. The van der Waals surface area contributed by atoms with Crippen LogP contribution in [0.1, 0.15) is 51.5 Å². The van der Waals surface area contributed by atoms with Crippen molar-refractivity contribution in [3.63, 3.8) is 0 Å². The van der Waals surface area contributed by atoms with Crippen molar-refractivity contribution >= 4 is 50.7 Å². The van der Waals surface area contributed by atoms with Crippen molar-refractivity contribution in [1.29, 1.82) is 0 Å². The second-order valence-electron chi connectivity index (χ2n) is 10.4. The maximum absolute atomic E-state index is 14.2. The highest BCUT2D eigenvalue weighted by atomic mass is 35.5. The van der Waals surface area contributed by atoms with Crippen molar-refractivity contribution in [1.82, 2.24) is 10.2 Å². The summed E-state index contributed by atoms with van der Waals surface area (Å²) in [5.41, 5.74) is 0.874. The summed E-state index contributed by atoms with van der Waals surface area (Å²) in [5.74, 6) is -0.248. The van der Waals surface area contributed by atoms with E-state index < -0.39 is 28.5 Å². The molecule has 0 aliphatic heterocycles. The predicted molar refractivity (Wildman–Crippen MR) is 170 cm³/mol. The van der Waals surface area contributed by atoms with E-state index in [4.69, 9.17) is 27.9 Å². The molecule has 8 nitrogen and oxygen atoms in total. The molecule has 230 valence electrons. The van der Waals surface area contributed by atoms with E-state index in [9.17, 15) is 18.0 Å². The van der Waals surface area contributed by atoms with Gasteiger partial charge in [0.25, 0.3) is 10.0 Å². The van der Waals surface area contributed by atoms with Crippen LogP contribution in [0.4, 0.5) is 5.69 Å². The molecule has 1 saturated carbocycles. The highest BCUT2D eigenvalue weighted by Crippen LogP contribution is 2.28. The number of ether oxygens (including phenoxy) is 1. The van der Waals surface area contributed by atoms with Gasteiger partial charge in [0.2, 0.25) is 11.8 Å². The number of halogens is 2. The SMILES string of the molecule is CCOc1ccc(N(CC(=O)N(Cc2ccc(Cl)cc2Cl)[C@H](CC)C(=O)NC2CCCC2)S(=O)(=O)c2ccccc2)cc1. The Labute approximate surface area is 264 Å². The van der Waals surface area contributed by atoms with Crippen LogP contribution in [0.5, 0.6) is 5.75 Å². The van der Waals surface area contributed by atoms with Crippen LogP contribution in [0, 0.1) is 0 Å². The van der Waals surface area contributed by atoms with Crippen molar-refractivity contribution in [2.24, 2.45) is 0 Å². The number of hydrogen-bond donors (Lipinski definition) is 1. The Kier molecular flexibility index (Phi) is 11.3. The zero-order chi connectivity index (χ0) is 31.0. The lowest BCUT2D eigenvalue weighted by molar-refractivity contribution is -0.140. The van der Waals surface area contributed by atoms with Crippen LogP contribution in [0.25, 0.3) is 0 Å². The molecule has 1 fully saturated rings. The third-order valence-corrected chi connectivity index (χ3v) is 9.86. The summed E-state index contributed by atoms with van der Waals surface area (Å²) in [6.07, 6.45) is 4.18. The fraction of sp³-hybridized carbons (Fsp3) is 0.375. The smallest absolute Gasteiger partial charge is 0.264 e. The van der Waals surface area contributed by atoms with E-state index in [2.05, 4.69) is 5.32 Å². The third kappa shape index (κ3) is 8.22. The number of hydrogen-bond acceptors (Lipinski definition) is 5. The average Bonchev–Trinajstić information content (AvgIpc) is 3.51. The Hall–Kier alpha value is -3.27. The fourth-order valence-corrected chi connectivity index (χ4v) is 7.15. The van der Waals surface area contributed by atoms with Crippen molar-refractivity contribution in [2.45, 2.75) is 69.5 Å². The molecular formula is C32H37Cl2N3O5S. The molecule has 1 N–H and O–H groups in total. The fourth-order valence-electron chi connectivity index (χ4n) is 5.24. The largest absolute Gasteiger partial charge is 0.494 e. The molecule has 1 atom stereocenters. The quantitative estimate of drug-likeness (QED) is 0.230. The first-order valence-corrected chi connectivity index (χ1v) is 16.7. The minimum absolute atomic E-state index is 0.00602. The van der Waals surface area contributed by atoms with Crippen LogP contribution < -0.4 is 14.4 Å². The van der Waals surface area contributed by atoms with Gasteiger partial charge >= 0.3 is 0 Å². The van der Waals surface area contributed by atoms with E-state index in [0.717, 1.165) is 30.0 Å². The second-order valence-corrected chi connectivity index (χ2v) is 13.1. The second kappa shape index (κ2) is 14.9. The number of amides is 2. The maximum Gasteiger partial charge on any atom is 0.264 e. The molecular weight excluding hydrogens is 609 g/mol. The van der Waals surface area contributed by atoms with Crippen LogP contribution in [0.3, 0.4) is 0 Å². The molecule has 4 rings (SSSR count). The molecule has 43 heavy (non-hydrogen) atoms. The molecule has 1 aliphatic rings. The van der Waals surface area contributed by atoms with Gasteiger partial charge in [0.05, 0.1) is 17.2 Å². The van der Waals surface area contributed by atoms with Gasteiger partial charge in [-0.2, -0.15) is 0 Å². The van der Waals surface area contributed by atoms with Gasteiger partial charge in [-0.3, -0.25) is 13.9 Å². The first-order valence-electron chi connectivity index (χ1n) is 14.5. The van der Waals surface area contributed by atoms with Crippen LogP contribution in [0.2, 0.25) is 10.0 Å². The topological polar surface area (TPSA) is 96.0 Å². The predicted octanol–water partition coefficient (Wildman–Crippen LogP) is 6.45. The van der Waals surface area contributed by atoms with Crippen molar-refractivity contribution in [2.75, 3.05) is 17.5 Å². The molecule has 3 aromatic rings. The van der Waals surface area contributed by atoms with Crippen LogP contribution in [0.15, 0.2) is 77.7 Å². The molecule has 0 saturated heterocycles. The summed E-state index contributed by atoms with van der Waals surface area (Å²) in [5, 5.41) is 3.88. The lowest BCUT2D eigenvalue weighted by Crippen LogP contribution is -2.53. The number of rotatable bonds is 13. The maximum atomic E-state index is 14.2. The van der Waals surface area contributed by atoms with Crippen molar-refractivity contribution in [3.05, 3.63) is 88.4 Å². The van der Waals surface area contributed by atoms with Gasteiger partial charge < -0.3 is 15.0 Å². The lowest BCUT2D eigenvalue weighted by atomic mass is 10.1. The molecule has 1 aliphatic carbocycles. The van der Waals surface area contributed by atoms with Crippen LogP contribution in [-0.2, 0) is 26.2 Å². The van der Waals surface area contributed by atoms with E-state index in [1.54, 1.807) is 60.7 Å². The highest BCUT2D eigenvalue weighted by Gasteiger charge is 2.34. The van der Waals surface area contributed by atoms with Gasteiger partial charge in [-0.25, -0.2) is 8.42 Å². The van der Waals surface area contributed by atoms with E-state index in [1.807, 2.05) is 13.8 Å². The molecule has 0 aromatic heterocycles. The summed E-state index contributed by atoms with van der Waals surface area (Å²) >= 11 is 12.6. The van der Waals surface area contributed by atoms with E-state index >= 15 is 0 Å². The average molecular weight is 647 g/mol. The Morgan fingerprint density at radius 2 is 1.65 bits per heavy atom. The first-order chi connectivity index (χ1) is 20.6. The third-order valence-electron chi connectivity index (χ3n) is 7.49. The molecule has 3 aromatic carbocycles. The van der Waals surface area contributed by atoms with Crippen LogP contribution in [-0.4, -0.2) is 50.4 Å². The van der Waals surface area contributed by atoms with Crippen molar-refractivity contribution in [3.8, 4) is 5.75 Å². The van der Waals surface area contributed by atoms with E-state index in [1.165, 1.54) is 17.0 Å². The number of anilines is 1. The zero-order valence-electron chi connectivity index (χ0n) is 24.3. The molecule has 0 radical (unpaired) electrons. The molecule has 11 heteroatoms. The summed E-state index contributed by atoms with van der Waals surface area (Å²) < 4.78 is 34.5. The summed E-state index contributed by atoms with van der Waals surface area (Å²) in [6, 6.07) is 18.6. The number of carbonyl (C=O) groups is 2. The molecule has 0 spiro atoms. The van der Waals surface area contributed by atoms with Gasteiger partial charge in [0.15, 0.2) is 0 Å². The monoisotopic (exact) mass is 645 g/mol. The Morgan fingerprint density at radius 3 is 2.26 bits per heavy atom. The number of carbonyl (C=O) groups excluding carboxylic acids is 2. The number of nitrogens with zero attached hydrogens (tertiary/aromatic N) is 2. The van der Waals surface area contributed by atoms with Crippen molar-refractivity contribution < 1.29 is 22.7 Å². The standard InChI is InChI=1S/C32H37Cl2N3O5S/c1-3-30(32(39)35-25-10-8-9-11-25)36(21-23-14-15-24(33)20-29(23)34)31(38)22-37(26-16-18-27(19-17-26)42-4-2)43(40,41)28-12-6-5-7-13-28/h5-7,12-20,25,30H,3-4,8-11,21-22H2,1-2H3,(H,35,39)/t30-/m1/s1. The minimum atomic E-state index is -4.16. The summed E-state index contributed by atoms with van der Waals surface area (Å²) in [4.78, 5) is 29.3. The molecule has 0 heterocycles. The van der Waals surface area contributed by atoms with E-state index in [0.29, 0.717) is 34.4 Å². The van der Waals surface area contributed by atoms with Crippen LogP contribution >= 0.6 is 23.2 Å². The van der Waals surface area contributed by atoms with Gasteiger partial charge in [0.1, 0.15) is 18.3 Å².